The summed E-state index contributed by atoms with van der Waals surface area (Å²) in [6.45, 7) is 4.54. The minimum atomic E-state index is -1.16. The van der Waals surface area contributed by atoms with E-state index in [-0.39, 0.29) is 61.7 Å². The van der Waals surface area contributed by atoms with Gasteiger partial charge in [0.15, 0.2) is 0 Å². The van der Waals surface area contributed by atoms with Crippen molar-refractivity contribution in [3.8, 4) is 11.3 Å². The molecule has 2 aromatic carbocycles. The third-order valence-electron chi connectivity index (χ3n) is 9.92. The van der Waals surface area contributed by atoms with Crippen molar-refractivity contribution < 1.29 is 41.8 Å². The van der Waals surface area contributed by atoms with Crippen LogP contribution in [0.2, 0.25) is 0 Å². The van der Waals surface area contributed by atoms with Gasteiger partial charge >= 0.3 is 6.09 Å². The van der Waals surface area contributed by atoms with Gasteiger partial charge in [0.05, 0.1) is 29.4 Å². The van der Waals surface area contributed by atoms with Crippen molar-refractivity contribution in [3.63, 3.8) is 0 Å². The summed E-state index contributed by atoms with van der Waals surface area (Å²) >= 11 is 1.97. The molecule has 0 spiro atoms. The first kappa shape index (κ1) is 42.4. The molecule has 5 rings (SSSR count). The maximum absolute atomic E-state index is 15.3. The predicted octanol–water partition coefficient (Wildman–Crippen LogP) is 4.75. The van der Waals surface area contributed by atoms with E-state index in [2.05, 4.69) is 21.3 Å². The van der Waals surface area contributed by atoms with E-state index in [0.717, 1.165) is 23.8 Å². The number of imidazole rings is 1. The Hall–Kier alpha value is -3.74. The van der Waals surface area contributed by atoms with Crippen molar-refractivity contribution in [2.75, 3.05) is 63.6 Å². The number of amides is 3. The van der Waals surface area contributed by atoms with Gasteiger partial charge in [-0.1, -0.05) is 52.9 Å². The number of carbonyl (C=O) groups is 3. The van der Waals surface area contributed by atoms with Crippen LogP contribution in [0.5, 0.6) is 0 Å². The lowest BCUT2D eigenvalue weighted by atomic mass is 9.73. The third-order valence-corrected chi connectivity index (χ3v) is 10.6. The van der Waals surface area contributed by atoms with E-state index in [1.807, 2.05) is 57.5 Å². The van der Waals surface area contributed by atoms with Crippen molar-refractivity contribution in [3.05, 3.63) is 77.8 Å². The summed E-state index contributed by atoms with van der Waals surface area (Å²) in [4.78, 5) is 43.2. The van der Waals surface area contributed by atoms with Crippen molar-refractivity contribution in [2.24, 2.45) is 17.8 Å². The molecule has 3 amide bonds. The van der Waals surface area contributed by atoms with Crippen LogP contribution in [-0.2, 0) is 30.3 Å². The minimum absolute atomic E-state index is 0.000538. The Labute approximate surface area is 333 Å². The lowest BCUT2D eigenvalue weighted by molar-refractivity contribution is -0.128. The molecule has 2 aliphatic rings. The van der Waals surface area contributed by atoms with Gasteiger partial charge in [-0.3, -0.25) is 9.59 Å². The van der Waals surface area contributed by atoms with Crippen molar-refractivity contribution in [1.29, 1.82) is 0 Å². The second-order valence-electron chi connectivity index (χ2n) is 14.0. The van der Waals surface area contributed by atoms with E-state index in [0.29, 0.717) is 62.5 Å². The summed E-state index contributed by atoms with van der Waals surface area (Å²) < 4.78 is 63.7. The molecular weight excluding hydrogens is 832 g/mol. The molecule has 0 saturated carbocycles. The first-order chi connectivity index (χ1) is 26.6. The van der Waals surface area contributed by atoms with Gasteiger partial charge in [-0.25, -0.2) is 22.9 Å². The number of rotatable bonds is 19. The topological polar surface area (TPSA) is 145 Å². The van der Waals surface area contributed by atoms with E-state index in [1.54, 1.807) is 13.1 Å². The van der Waals surface area contributed by atoms with Crippen LogP contribution in [0.4, 0.5) is 18.0 Å². The molecule has 12 nitrogen and oxygen atoms in total. The number of hydrogen-bond donors (Lipinski definition) is 4. The number of alkyl carbamates (subject to hydrolysis) is 1. The zero-order valence-corrected chi connectivity index (χ0v) is 33.1. The summed E-state index contributed by atoms with van der Waals surface area (Å²) in [6, 6.07) is 12.3. The highest BCUT2D eigenvalue weighted by Gasteiger charge is 2.43. The van der Waals surface area contributed by atoms with E-state index >= 15 is 8.78 Å². The smallest absolute Gasteiger partial charge is 0.407 e. The summed E-state index contributed by atoms with van der Waals surface area (Å²) in [5.74, 6) is -3.00. The number of carbonyl (C=O) groups excluding carboxylic acids is 3. The lowest BCUT2D eigenvalue weighted by Gasteiger charge is -2.36. The van der Waals surface area contributed by atoms with Gasteiger partial charge in [0.1, 0.15) is 30.2 Å². The number of hydrogen-bond acceptors (Lipinski definition) is 8. The van der Waals surface area contributed by atoms with Gasteiger partial charge < -0.3 is 40.0 Å². The van der Waals surface area contributed by atoms with Crippen molar-refractivity contribution in [1.82, 2.24) is 30.8 Å². The molecule has 2 fully saturated rings. The molecule has 0 aliphatic carbocycles. The fourth-order valence-corrected chi connectivity index (χ4v) is 7.45. The van der Waals surface area contributed by atoms with Gasteiger partial charge in [0, 0.05) is 75.5 Å². The van der Waals surface area contributed by atoms with Crippen LogP contribution in [0.25, 0.3) is 11.3 Å². The molecule has 55 heavy (non-hydrogen) atoms. The van der Waals surface area contributed by atoms with Crippen LogP contribution >= 0.6 is 22.6 Å². The number of aromatic nitrogens is 2. The number of benzene rings is 2. The highest BCUT2D eigenvalue weighted by Crippen LogP contribution is 2.42. The maximum atomic E-state index is 15.3. The Morgan fingerprint density at radius 3 is 2.51 bits per heavy atom. The second kappa shape index (κ2) is 21.5. The number of nitrogens with zero attached hydrogens (tertiary/aromatic N) is 2. The number of halogens is 4. The number of ether oxygens (including phenoxy) is 3. The van der Waals surface area contributed by atoms with Gasteiger partial charge in [-0.15, -0.1) is 0 Å². The zero-order chi connectivity index (χ0) is 39.2. The molecule has 0 radical (unpaired) electrons. The highest BCUT2D eigenvalue weighted by atomic mass is 127. The molecule has 3 aromatic rings. The van der Waals surface area contributed by atoms with Gasteiger partial charge in [-0.05, 0) is 55.9 Å². The average Bonchev–Trinajstić information content (AvgIpc) is 3.79. The zero-order valence-electron chi connectivity index (χ0n) is 30.9. The third kappa shape index (κ3) is 12.6. The molecule has 5 atom stereocenters. The van der Waals surface area contributed by atoms with Crippen LogP contribution in [0.15, 0.2) is 54.7 Å². The van der Waals surface area contributed by atoms with Crippen LogP contribution < -0.4 is 21.3 Å². The Balaban J connectivity index is 1.37. The second-order valence-corrected chi connectivity index (χ2v) is 14.8. The molecule has 2 aliphatic heterocycles. The Morgan fingerprint density at radius 2 is 1.80 bits per heavy atom. The highest BCUT2D eigenvalue weighted by molar-refractivity contribution is 14.1. The molecule has 1 unspecified atom stereocenters. The molecule has 4 N–H and O–H groups in total. The Bertz CT molecular complexity index is 1700. The normalized spacial score (nSPS) is 19.0. The van der Waals surface area contributed by atoms with Crippen molar-refractivity contribution in [2.45, 2.75) is 50.9 Å². The largest absolute Gasteiger partial charge is 0.447 e. The van der Waals surface area contributed by atoms with Crippen LogP contribution in [0, 0.1) is 29.4 Å². The Kier molecular flexibility index (Phi) is 16.6. The lowest BCUT2D eigenvalue weighted by Crippen LogP contribution is -2.45. The van der Waals surface area contributed by atoms with Crippen molar-refractivity contribution >= 4 is 40.5 Å². The predicted molar refractivity (Wildman–Crippen MR) is 208 cm³/mol. The SMILES string of the molecule is C[C@@H](COC(=O)NCCOCCNC(=O)CI)NC(=O)C(C[C@@H]1CNC[C@@H]1F)[C@@H](c1nc(-c2cc(F)ccc2F)cn1Cc1ccccc1)C1CCOCC1. The molecule has 2 saturated heterocycles. The number of nitrogens with one attached hydrogen (secondary N) is 4. The van der Waals surface area contributed by atoms with Gasteiger partial charge in [0.2, 0.25) is 11.8 Å². The fourth-order valence-electron chi connectivity index (χ4n) is 7.18. The molecule has 16 heteroatoms. The maximum Gasteiger partial charge on any atom is 0.407 e. The van der Waals surface area contributed by atoms with E-state index in [4.69, 9.17) is 19.2 Å². The summed E-state index contributed by atoms with van der Waals surface area (Å²) in [6.07, 6.45) is 1.30. The van der Waals surface area contributed by atoms with Crippen LogP contribution in [-0.4, -0.2) is 103 Å². The Morgan fingerprint density at radius 1 is 1.05 bits per heavy atom. The number of alkyl halides is 2. The summed E-state index contributed by atoms with van der Waals surface area (Å²) in [5, 5.41) is 11.4. The van der Waals surface area contributed by atoms with E-state index < -0.39 is 47.7 Å². The monoisotopic (exact) mass is 882 g/mol. The first-order valence-electron chi connectivity index (χ1n) is 18.7. The fraction of sp³-hybridized carbons (Fsp3) is 0.538. The first-order valence-corrected chi connectivity index (χ1v) is 20.3. The molecule has 0 bridgehead atoms. The summed E-state index contributed by atoms with van der Waals surface area (Å²) in [7, 11) is 0. The van der Waals surface area contributed by atoms with E-state index in [1.165, 1.54) is 0 Å². The van der Waals surface area contributed by atoms with E-state index in [9.17, 15) is 18.8 Å². The van der Waals surface area contributed by atoms with Crippen LogP contribution in [0.3, 0.4) is 0 Å². The van der Waals surface area contributed by atoms with Crippen LogP contribution in [0.1, 0.15) is 43.5 Å². The molecular formula is C39H50F3IN6O6. The quantitative estimate of drug-likeness (QED) is 0.0768. The standard InChI is InChI=1S/C39H50F3IN6O6/c1-25(24-55-39(52)46-12-16-54-15-11-45-35(50)19-43)47-38(51)31(17-28-20-44-21-33(28)42)36(27-9-13-53-14-10-27)37-48-34(30-18-29(40)7-8-32(30)41)23-49(37)22-26-5-3-2-4-6-26/h2-8,18,23,25,27-28,31,33,36,44H,9-17,19-22,24H2,1H3,(H,45,50)(H,46,52)(H,47,51)/t25-,28+,31?,33-,36-/m0/s1. The average molecular weight is 883 g/mol. The van der Waals surface area contributed by atoms with Gasteiger partial charge in [0.25, 0.3) is 0 Å². The van der Waals surface area contributed by atoms with Gasteiger partial charge in [-0.2, -0.15) is 0 Å². The minimum Gasteiger partial charge on any atom is -0.447 e. The molecule has 3 heterocycles. The molecule has 300 valence electrons. The summed E-state index contributed by atoms with van der Waals surface area (Å²) in [5.41, 5.74) is 1.17. The molecule has 1 aromatic heterocycles.